The molecule has 2 unspecified atom stereocenters. The molecule has 81 heavy (non-hydrogen) atoms. The monoisotopic (exact) mass is 1170 g/mol. The van der Waals surface area contributed by atoms with Crippen LogP contribution in [-0.4, -0.2) is 74.9 Å². The molecule has 0 saturated carbocycles. The summed E-state index contributed by atoms with van der Waals surface area (Å²) in [7, 11) is 1.51. The molecular weight excluding hydrogens is 1030 g/mol. The van der Waals surface area contributed by atoms with Crippen molar-refractivity contribution < 1.29 is 42.1 Å². The summed E-state index contributed by atoms with van der Waals surface area (Å²) in [4.78, 5) is 35.9. The van der Waals surface area contributed by atoms with Crippen LogP contribution in [0.5, 0.6) is 0 Å². The molecule has 484 valence electrons. The quantitative estimate of drug-likeness (QED) is 0.0278. The summed E-state index contributed by atoms with van der Waals surface area (Å²) >= 11 is 0. The summed E-state index contributed by atoms with van der Waals surface area (Å²) in [5.74, 6) is -0.766. The highest BCUT2D eigenvalue weighted by Gasteiger charge is 2.27. The first-order chi connectivity index (χ1) is 39.5. The second-order valence-corrected chi connectivity index (χ2v) is 27.8. The number of nitrogens with zero attached hydrogens (tertiary/aromatic N) is 1. The summed E-state index contributed by atoms with van der Waals surface area (Å²) in [6.07, 6.45) is 76.5. The molecule has 0 aromatic heterocycles. The highest BCUT2D eigenvalue weighted by molar-refractivity contribution is 7.47. The van der Waals surface area contributed by atoms with E-state index in [0.717, 1.165) is 38.5 Å². The number of quaternary nitrogens is 1. The van der Waals surface area contributed by atoms with Crippen molar-refractivity contribution in [3.63, 3.8) is 0 Å². The fourth-order valence-corrected chi connectivity index (χ4v) is 12.1. The number of esters is 2. The minimum Gasteiger partial charge on any atom is -0.462 e. The van der Waals surface area contributed by atoms with Crippen LogP contribution in [0.2, 0.25) is 0 Å². The molecule has 0 spiro atoms. The number of phosphoric acid groups is 1. The molecule has 0 bridgehead atoms. The Balaban J connectivity index is 3.95. The topological polar surface area (TPSA) is 108 Å². The zero-order valence-electron chi connectivity index (χ0n) is 55.3. The van der Waals surface area contributed by atoms with Gasteiger partial charge in [-0.25, -0.2) is 4.57 Å². The van der Waals surface area contributed by atoms with Crippen LogP contribution >= 0.6 is 7.82 Å². The predicted octanol–water partition coefficient (Wildman–Crippen LogP) is 23.3. The first kappa shape index (κ1) is 80.0. The fraction of sp³-hybridized carbons (Fsp3) is 0.972. The van der Waals surface area contributed by atoms with Gasteiger partial charge in [0.05, 0.1) is 27.7 Å². The third-order valence-electron chi connectivity index (χ3n) is 16.9. The van der Waals surface area contributed by atoms with Gasteiger partial charge in [0, 0.05) is 12.8 Å². The van der Waals surface area contributed by atoms with Gasteiger partial charge in [-0.2, -0.15) is 0 Å². The Labute approximate surface area is 505 Å². The summed E-state index contributed by atoms with van der Waals surface area (Å²) < 4.78 is 34.8. The van der Waals surface area contributed by atoms with Crippen LogP contribution in [0, 0.1) is 0 Å². The molecule has 0 fully saturated rings. The van der Waals surface area contributed by atoms with E-state index < -0.39 is 26.5 Å². The molecule has 0 aromatic rings. The van der Waals surface area contributed by atoms with E-state index in [1.54, 1.807) is 0 Å². The van der Waals surface area contributed by atoms with Gasteiger partial charge in [-0.05, 0) is 12.8 Å². The Hall–Kier alpha value is -0.990. The van der Waals surface area contributed by atoms with Crippen LogP contribution in [0.3, 0.4) is 0 Å². The van der Waals surface area contributed by atoms with E-state index >= 15 is 0 Å². The molecule has 0 saturated heterocycles. The van der Waals surface area contributed by atoms with Crippen molar-refractivity contribution in [2.45, 2.75) is 399 Å². The molecule has 1 N–H and O–H groups in total. The number of likely N-dealkylation sites (N-methyl/N-ethyl adjacent to an activating group) is 1. The SMILES string of the molecule is CCCCCCCCCCCCCCCCCCCCCCCCCCCCCCCCC(=O)OC(COC(=O)CCCCCCCCCCCCCCCCCCCCCCCCCCCCC)COP(=O)(O)OCC[N+](C)(C)C. The molecule has 2 atom stereocenters. The van der Waals surface area contributed by atoms with E-state index in [-0.39, 0.29) is 25.6 Å². The lowest BCUT2D eigenvalue weighted by Crippen LogP contribution is -2.37. The second kappa shape index (κ2) is 63.5. The molecule has 0 rings (SSSR count). The maximum Gasteiger partial charge on any atom is 0.472 e. The summed E-state index contributed by atoms with van der Waals surface area (Å²) in [5.41, 5.74) is 0. The number of unbranched alkanes of at least 4 members (excludes halogenated alkanes) is 55. The fourth-order valence-electron chi connectivity index (χ4n) is 11.3. The highest BCUT2D eigenvalue weighted by atomic mass is 31.2. The van der Waals surface area contributed by atoms with Crippen LogP contribution < -0.4 is 0 Å². The molecule has 0 aromatic carbocycles. The number of rotatable bonds is 69. The van der Waals surface area contributed by atoms with Gasteiger partial charge >= 0.3 is 19.8 Å². The van der Waals surface area contributed by atoms with E-state index in [1.807, 2.05) is 21.1 Å². The van der Waals surface area contributed by atoms with Crippen LogP contribution in [0.15, 0.2) is 0 Å². The van der Waals surface area contributed by atoms with Gasteiger partial charge in [-0.1, -0.05) is 367 Å². The zero-order valence-corrected chi connectivity index (χ0v) is 56.2. The molecule has 0 heterocycles. The Morgan fingerprint density at radius 1 is 0.333 bits per heavy atom. The number of ether oxygens (including phenoxy) is 2. The van der Waals surface area contributed by atoms with E-state index in [9.17, 15) is 19.0 Å². The first-order valence-corrected chi connectivity index (χ1v) is 37.8. The van der Waals surface area contributed by atoms with Gasteiger partial charge < -0.3 is 18.9 Å². The minimum atomic E-state index is -4.38. The number of hydrogen-bond donors (Lipinski definition) is 1. The summed E-state index contributed by atoms with van der Waals surface area (Å²) in [5, 5.41) is 0. The van der Waals surface area contributed by atoms with Crippen LogP contribution in [-0.2, 0) is 32.7 Å². The lowest BCUT2D eigenvalue weighted by molar-refractivity contribution is -0.870. The Kier molecular flexibility index (Phi) is 62.7. The highest BCUT2D eigenvalue weighted by Crippen LogP contribution is 2.43. The van der Waals surface area contributed by atoms with Gasteiger partial charge in [0.2, 0.25) is 0 Å². The number of carbonyl (C=O) groups excluding carboxylic acids is 2. The minimum absolute atomic E-state index is 0.0378. The van der Waals surface area contributed by atoms with E-state index in [4.69, 9.17) is 18.5 Å². The lowest BCUT2D eigenvalue weighted by atomic mass is 10.0. The van der Waals surface area contributed by atoms with Crippen molar-refractivity contribution in [1.82, 2.24) is 0 Å². The smallest absolute Gasteiger partial charge is 0.462 e. The molecular formula is C71H143NO8P+. The van der Waals surface area contributed by atoms with Crippen molar-refractivity contribution in [3.05, 3.63) is 0 Å². The number of carbonyl (C=O) groups is 2. The second-order valence-electron chi connectivity index (χ2n) is 26.4. The number of phosphoric ester groups is 1. The zero-order chi connectivity index (χ0) is 59.1. The molecule has 0 aliphatic heterocycles. The molecule has 0 radical (unpaired) electrons. The molecule has 0 amide bonds. The van der Waals surface area contributed by atoms with Crippen molar-refractivity contribution in [2.75, 3.05) is 47.5 Å². The van der Waals surface area contributed by atoms with Gasteiger partial charge in [0.1, 0.15) is 19.8 Å². The van der Waals surface area contributed by atoms with Crippen molar-refractivity contribution >= 4 is 19.8 Å². The normalized spacial score (nSPS) is 13.0. The van der Waals surface area contributed by atoms with E-state index in [2.05, 4.69) is 13.8 Å². The summed E-state index contributed by atoms with van der Waals surface area (Å²) in [6, 6.07) is 0. The predicted molar refractivity (Wildman–Crippen MR) is 349 cm³/mol. The Bertz CT molecular complexity index is 1330. The Morgan fingerprint density at radius 2 is 0.556 bits per heavy atom. The average molecular weight is 1170 g/mol. The van der Waals surface area contributed by atoms with Gasteiger partial charge in [-0.3, -0.25) is 18.6 Å². The average Bonchev–Trinajstić information content (AvgIpc) is 3.43. The third kappa shape index (κ3) is 68.0. The van der Waals surface area contributed by atoms with Crippen molar-refractivity contribution in [2.24, 2.45) is 0 Å². The Morgan fingerprint density at radius 3 is 0.790 bits per heavy atom. The van der Waals surface area contributed by atoms with Crippen molar-refractivity contribution in [3.8, 4) is 0 Å². The van der Waals surface area contributed by atoms with Crippen LogP contribution in [0.1, 0.15) is 393 Å². The standard InChI is InChI=1S/C71H142NO8P/c1-6-8-10-12-14-16-18-20-22-24-26-28-30-32-34-35-36-38-40-42-44-46-48-50-52-54-56-58-60-62-64-71(74)80-69(68-79-81(75,76)78-66-65-72(3,4)5)67-77-70(73)63-61-59-57-55-53-51-49-47-45-43-41-39-37-33-31-29-27-25-23-21-19-17-15-13-11-9-7-2/h69H,6-68H2,1-5H3/p+1. The summed E-state index contributed by atoms with van der Waals surface area (Å²) in [6.45, 7) is 4.54. The van der Waals surface area contributed by atoms with Gasteiger partial charge in [-0.15, -0.1) is 0 Å². The first-order valence-electron chi connectivity index (χ1n) is 36.3. The van der Waals surface area contributed by atoms with E-state index in [1.165, 1.54) is 327 Å². The molecule has 9 nitrogen and oxygen atoms in total. The third-order valence-corrected chi connectivity index (χ3v) is 17.9. The maximum absolute atomic E-state index is 12.9. The molecule has 0 aliphatic rings. The lowest BCUT2D eigenvalue weighted by Gasteiger charge is -2.24. The van der Waals surface area contributed by atoms with Crippen molar-refractivity contribution in [1.29, 1.82) is 0 Å². The van der Waals surface area contributed by atoms with Crippen LogP contribution in [0.25, 0.3) is 0 Å². The van der Waals surface area contributed by atoms with Crippen LogP contribution in [0.4, 0.5) is 0 Å². The molecule has 10 heteroatoms. The van der Waals surface area contributed by atoms with Gasteiger partial charge in [0.25, 0.3) is 0 Å². The number of hydrogen-bond acceptors (Lipinski definition) is 7. The largest absolute Gasteiger partial charge is 0.472 e. The van der Waals surface area contributed by atoms with E-state index in [0.29, 0.717) is 17.4 Å². The maximum atomic E-state index is 12.9. The molecule has 0 aliphatic carbocycles. The van der Waals surface area contributed by atoms with Gasteiger partial charge in [0.15, 0.2) is 6.10 Å².